The summed E-state index contributed by atoms with van der Waals surface area (Å²) in [5.74, 6) is 2.24. The minimum atomic E-state index is -0.277. The van der Waals surface area contributed by atoms with Gasteiger partial charge in [-0.1, -0.05) is 18.2 Å². The molecule has 2 amide bonds. The van der Waals surface area contributed by atoms with Gasteiger partial charge in [0.2, 0.25) is 0 Å². The van der Waals surface area contributed by atoms with E-state index < -0.39 is 0 Å². The quantitative estimate of drug-likeness (QED) is 0.680. The van der Waals surface area contributed by atoms with Crippen LogP contribution in [0.15, 0.2) is 46.9 Å². The summed E-state index contributed by atoms with van der Waals surface area (Å²) >= 11 is 0. The van der Waals surface area contributed by atoms with Crippen molar-refractivity contribution in [1.82, 2.24) is 10.6 Å². The number of benzene rings is 2. The average Bonchev–Trinajstić information content (AvgIpc) is 3.02. The van der Waals surface area contributed by atoms with Crippen molar-refractivity contribution < 1.29 is 18.7 Å². The molecule has 0 saturated heterocycles. The van der Waals surface area contributed by atoms with Crippen LogP contribution in [-0.2, 0) is 6.54 Å². The first kappa shape index (κ1) is 18.6. The minimum Gasteiger partial charge on any atom is -0.497 e. The summed E-state index contributed by atoms with van der Waals surface area (Å²) in [4.78, 5) is 12.3. The van der Waals surface area contributed by atoms with Gasteiger partial charge in [-0.25, -0.2) is 4.79 Å². The van der Waals surface area contributed by atoms with Crippen molar-refractivity contribution in [2.24, 2.45) is 0 Å². The van der Waals surface area contributed by atoms with Crippen molar-refractivity contribution in [2.45, 2.75) is 26.4 Å². The van der Waals surface area contributed by atoms with E-state index in [4.69, 9.17) is 13.9 Å². The van der Waals surface area contributed by atoms with Gasteiger partial charge in [-0.3, -0.25) is 0 Å². The van der Waals surface area contributed by atoms with Gasteiger partial charge in [0.25, 0.3) is 0 Å². The van der Waals surface area contributed by atoms with Crippen LogP contribution in [0.4, 0.5) is 4.79 Å². The standard InChI is InChI=1S/C21H24N2O4/c1-13-17-11-16(25-3)9-10-19(17)27-20(13)14(2)23-21(24)22-12-15-7-5-6-8-18(15)26-4/h5-11,14H,12H2,1-4H3,(H2,22,23,24). The molecule has 0 fully saturated rings. The third-order valence-corrected chi connectivity index (χ3v) is 4.55. The highest BCUT2D eigenvalue weighted by atomic mass is 16.5. The number of para-hydroxylation sites is 1. The van der Waals surface area contributed by atoms with Crippen LogP contribution >= 0.6 is 0 Å². The number of fused-ring (bicyclic) bond motifs is 1. The molecule has 0 spiro atoms. The zero-order valence-corrected chi connectivity index (χ0v) is 16.0. The highest BCUT2D eigenvalue weighted by Gasteiger charge is 2.19. The van der Waals surface area contributed by atoms with E-state index in [0.717, 1.165) is 39.4 Å². The maximum absolute atomic E-state index is 12.3. The number of carbonyl (C=O) groups excluding carboxylic acids is 1. The molecule has 0 radical (unpaired) electrons. The van der Waals surface area contributed by atoms with Gasteiger partial charge in [-0.15, -0.1) is 0 Å². The van der Waals surface area contributed by atoms with Gasteiger partial charge in [0.1, 0.15) is 22.8 Å². The number of aryl methyl sites for hydroxylation is 1. The largest absolute Gasteiger partial charge is 0.497 e. The first-order valence-electron chi connectivity index (χ1n) is 8.76. The SMILES string of the molecule is COc1ccc2oc(C(C)NC(=O)NCc3ccccc3OC)c(C)c2c1. The van der Waals surface area contributed by atoms with Gasteiger partial charge in [0.05, 0.1) is 20.3 Å². The maximum Gasteiger partial charge on any atom is 0.315 e. The fourth-order valence-electron chi connectivity index (χ4n) is 3.10. The van der Waals surface area contributed by atoms with E-state index in [1.54, 1.807) is 14.2 Å². The predicted octanol–water partition coefficient (Wildman–Crippen LogP) is 4.32. The lowest BCUT2D eigenvalue weighted by atomic mass is 10.1. The van der Waals surface area contributed by atoms with Crippen LogP contribution in [0.5, 0.6) is 11.5 Å². The van der Waals surface area contributed by atoms with Crippen molar-refractivity contribution in [1.29, 1.82) is 0 Å². The molecule has 0 aliphatic rings. The molecule has 0 bridgehead atoms. The monoisotopic (exact) mass is 368 g/mol. The fourth-order valence-corrected chi connectivity index (χ4v) is 3.10. The molecule has 1 unspecified atom stereocenters. The van der Waals surface area contributed by atoms with Crippen molar-refractivity contribution in [3.8, 4) is 11.5 Å². The second kappa shape index (κ2) is 8.03. The van der Waals surface area contributed by atoms with Crippen LogP contribution in [0.1, 0.15) is 29.9 Å². The lowest BCUT2D eigenvalue weighted by Crippen LogP contribution is -2.36. The summed E-state index contributed by atoms with van der Waals surface area (Å²) in [6.07, 6.45) is 0. The number of nitrogens with one attached hydrogen (secondary N) is 2. The molecule has 27 heavy (non-hydrogen) atoms. The topological polar surface area (TPSA) is 72.7 Å². The molecule has 142 valence electrons. The number of carbonyl (C=O) groups is 1. The summed E-state index contributed by atoms with van der Waals surface area (Å²) < 4.78 is 16.5. The number of urea groups is 1. The van der Waals surface area contributed by atoms with E-state index >= 15 is 0 Å². The van der Waals surface area contributed by atoms with Gasteiger partial charge in [0.15, 0.2) is 0 Å². The third-order valence-electron chi connectivity index (χ3n) is 4.55. The van der Waals surface area contributed by atoms with Gasteiger partial charge >= 0.3 is 6.03 Å². The van der Waals surface area contributed by atoms with Crippen LogP contribution in [0.25, 0.3) is 11.0 Å². The lowest BCUT2D eigenvalue weighted by molar-refractivity contribution is 0.236. The Morgan fingerprint density at radius 2 is 1.93 bits per heavy atom. The van der Waals surface area contributed by atoms with Crippen LogP contribution in [0, 0.1) is 6.92 Å². The van der Waals surface area contributed by atoms with Gasteiger partial charge in [-0.05, 0) is 38.1 Å². The molecule has 2 N–H and O–H groups in total. The van der Waals surface area contributed by atoms with E-state index in [2.05, 4.69) is 10.6 Å². The summed E-state index contributed by atoms with van der Waals surface area (Å²) in [5.41, 5.74) is 2.67. The fraction of sp³-hybridized carbons (Fsp3) is 0.286. The van der Waals surface area contributed by atoms with Crippen molar-refractivity contribution in [2.75, 3.05) is 14.2 Å². The Kier molecular flexibility index (Phi) is 5.54. The Hall–Kier alpha value is -3.15. The van der Waals surface area contributed by atoms with E-state index in [0.29, 0.717) is 6.54 Å². The Labute approximate surface area is 158 Å². The molecule has 0 saturated carbocycles. The van der Waals surface area contributed by atoms with Crippen LogP contribution in [-0.4, -0.2) is 20.3 Å². The van der Waals surface area contributed by atoms with E-state index in [1.807, 2.05) is 56.3 Å². The van der Waals surface area contributed by atoms with Gasteiger partial charge in [-0.2, -0.15) is 0 Å². The van der Waals surface area contributed by atoms with Crippen molar-refractivity contribution >= 4 is 17.0 Å². The van der Waals surface area contributed by atoms with E-state index in [9.17, 15) is 4.79 Å². The van der Waals surface area contributed by atoms with Crippen molar-refractivity contribution in [3.63, 3.8) is 0 Å². The van der Waals surface area contributed by atoms with Crippen molar-refractivity contribution in [3.05, 3.63) is 59.4 Å². The Morgan fingerprint density at radius 3 is 2.67 bits per heavy atom. The summed E-state index contributed by atoms with van der Waals surface area (Å²) in [6, 6.07) is 12.7. The van der Waals surface area contributed by atoms with Gasteiger partial charge in [0, 0.05) is 23.1 Å². The number of furan rings is 1. The first-order valence-corrected chi connectivity index (χ1v) is 8.76. The number of hydrogen-bond acceptors (Lipinski definition) is 4. The molecule has 0 aliphatic heterocycles. The molecular weight excluding hydrogens is 344 g/mol. The molecule has 3 aromatic rings. The zero-order chi connectivity index (χ0) is 19.4. The molecule has 1 aromatic heterocycles. The molecular formula is C21H24N2O4. The molecule has 3 rings (SSSR count). The lowest BCUT2D eigenvalue weighted by Gasteiger charge is -2.14. The zero-order valence-electron chi connectivity index (χ0n) is 16.0. The predicted molar refractivity (Wildman–Crippen MR) is 104 cm³/mol. The maximum atomic E-state index is 12.3. The molecule has 2 aromatic carbocycles. The molecule has 6 nitrogen and oxygen atoms in total. The van der Waals surface area contributed by atoms with Gasteiger partial charge < -0.3 is 24.5 Å². The highest BCUT2D eigenvalue weighted by Crippen LogP contribution is 2.31. The van der Waals surface area contributed by atoms with Crippen LogP contribution in [0.2, 0.25) is 0 Å². The number of rotatable bonds is 6. The first-order chi connectivity index (χ1) is 13.0. The molecule has 6 heteroatoms. The van der Waals surface area contributed by atoms with Crippen LogP contribution < -0.4 is 20.1 Å². The minimum absolute atomic E-state index is 0.272. The smallest absolute Gasteiger partial charge is 0.315 e. The molecule has 1 atom stereocenters. The van der Waals surface area contributed by atoms with E-state index in [-0.39, 0.29) is 12.1 Å². The van der Waals surface area contributed by atoms with E-state index in [1.165, 1.54) is 0 Å². The Morgan fingerprint density at radius 1 is 1.15 bits per heavy atom. The Bertz CT molecular complexity index is 949. The second-order valence-corrected chi connectivity index (χ2v) is 6.31. The summed E-state index contributed by atoms with van der Waals surface area (Å²) in [6.45, 7) is 4.25. The molecule has 1 heterocycles. The second-order valence-electron chi connectivity index (χ2n) is 6.31. The normalized spacial score (nSPS) is 11.9. The number of hydrogen-bond donors (Lipinski definition) is 2. The average molecular weight is 368 g/mol. The summed E-state index contributed by atoms with van der Waals surface area (Å²) in [7, 11) is 3.24. The number of ether oxygens (including phenoxy) is 2. The number of methoxy groups -OCH3 is 2. The molecule has 0 aliphatic carbocycles. The van der Waals surface area contributed by atoms with Crippen LogP contribution in [0.3, 0.4) is 0 Å². The summed E-state index contributed by atoms with van der Waals surface area (Å²) in [5, 5.41) is 6.75. The third kappa shape index (κ3) is 4.00. The highest BCUT2D eigenvalue weighted by molar-refractivity contribution is 5.84. The Balaban J connectivity index is 1.68. The number of amides is 2.